The number of nitriles is 1. The molecule has 1 saturated heterocycles. The Morgan fingerprint density at radius 2 is 1.74 bits per heavy atom. The zero-order valence-electron chi connectivity index (χ0n) is 19.2. The summed E-state index contributed by atoms with van der Waals surface area (Å²) in [4.78, 5) is 19.5. The van der Waals surface area contributed by atoms with Gasteiger partial charge in [0.05, 0.1) is 28.8 Å². The van der Waals surface area contributed by atoms with E-state index >= 15 is 0 Å². The molecule has 176 valence electrons. The first-order chi connectivity index (χ1) is 16.0. The normalized spacial score (nSPS) is 15.3. The summed E-state index contributed by atoms with van der Waals surface area (Å²) in [5.74, 6) is -0.729. The van der Waals surface area contributed by atoms with Gasteiger partial charge in [0.15, 0.2) is 0 Å². The van der Waals surface area contributed by atoms with E-state index < -0.39 is 21.3 Å². The standard InChI is InChI=1S/C25H25FN4O3S/c1-25(2,16-27)18-6-4-17(5-7-18)23-20-14-19(26)8-9-22(20)28-15-21(23)24(31)29-10-12-30(13-11-29)34(3,32)33/h4-9,14-15H,10-13H2,1-3H3. The zero-order valence-corrected chi connectivity index (χ0v) is 20.1. The van der Waals surface area contributed by atoms with Crippen LogP contribution in [-0.2, 0) is 15.4 Å². The molecule has 4 rings (SSSR count). The molecule has 0 atom stereocenters. The van der Waals surface area contributed by atoms with Crippen LogP contribution in [0, 0.1) is 17.1 Å². The molecular weight excluding hydrogens is 455 g/mol. The molecule has 1 fully saturated rings. The Hall–Kier alpha value is -3.35. The monoisotopic (exact) mass is 480 g/mol. The molecule has 1 aliphatic heterocycles. The number of amides is 1. The lowest BCUT2D eigenvalue weighted by atomic mass is 9.85. The molecular formula is C25H25FN4O3S. The molecule has 9 heteroatoms. The summed E-state index contributed by atoms with van der Waals surface area (Å²) in [6.07, 6.45) is 2.65. The van der Waals surface area contributed by atoms with Crippen molar-refractivity contribution in [2.45, 2.75) is 19.3 Å². The zero-order chi connectivity index (χ0) is 24.7. The lowest BCUT2D eigenvalue weighted by Gasteiger charge is -2.33. The van der Waals surface area contributed by atoms with E-state index in [1.54, 1.807) is 11.0 Å². The highest BCUT2D eigenvalue weighted by molar-refractivity contribution is 7.88. The van der Waals surface area contributed by atoms with Crippen LogP contribution in [0.3, 0.4) is 0 Å². The highest BCUT2D eigenvalue weighted by Crippen LogP contribution is 2.34. The maximum Gasteiger partial charge on any atom is 0.256 e. The van der Waals surface area contributed by atoms with Crippen LogP contribution in [0.1, 0.15) is 29.8 Å². The Labute approximate surface area is 198 Å². The van der Waals surface area contributed by atoms with Crippen LogP contribution in [0.5, 0.6) is 0 Å². The third-order valence-corrected chi connectivity index (χ3v) is 7.53. The van der Waals surface area contributed by atoms with Crippen molar-refractivity contribution < 1.29 is 17.6 Å². The highest BCUT2D eigenvalue weighted by atomic mass is 32.2. The highest BCUT2D eigenvalue weighted by Gasteiger charge is 2.29. The first-order valence-electron chi connectivity index (χ1n) is 10.9. The van der Waals surface area contributed by atoms with Gasteiger partial charge in [-0.2, -0.15) is 9.57 Å². The SMILES string of the molecule is CC(C)(C#N)c1ccc(-c2c(C(=O)N3CCN(S(C)(=O)=O)CC3)cnc3ccc(F)cc23)cc1. The topological polar surface area (TPSA) is 94.4 Å². The summed E-state index contributed by atoms with van der Waals surface area (Å²) in [6, 6.07) is 13.9. The molecule has 0 bridgehead atoms. The van der Waals surface area contributed by atoms with Crippen molar-refractivity contribution in [3.8, 4) is 17.2 Å². The largest absolute Gasteiger partial charge is 0.336 e. The number of nitrogens with zero attached hydrogens (tertiary/aromatic N) is 4. The third-order valence-electron chi connectivity index (χ3n) is 6.23. The van der Waals surface area contributed by atoms with Crippen molar-refractivity contribution in [3.63, 3.8) is 0 Å². The molecule has 0 aliphatic carbocycles. The number of benzene rings is 2. The van der Waals surface area contributed by atoms with E-state index in [9.17, 15) is 22.9 Å². The van der Waals surface area contributed by atoms with E-state index in [0.29, 0.717) is 27.6 Å². The van der Waals surface area contributed by atoms with E-state index in [0.717, 1.165) is 11.8 Å². The van der Waals surface area contributed by atoms with Crippen LogP contribution < -0.4 is 0 Å². The molecule has 0 unspecified atom stereocenters. The Bertz CT molecular complexity index is 1400. The summed E-state index contributed by atoms with van der Waals surface area (Å²) >= 11 is 0. The number of halogens is 1. The van der Waals surface area contributed by atoms with Gasteiger partial charge in [-0.3, -0.25) is 9.78 Å². The van der Waals surface area contributed by atoms with Gasteiger partial charge in [-0.1, -0.05) is 24.3 Å². The average molecular weight is 481 g/mol. The summed E-state index contributed by atoms with van der Waals surface area (Å²) in [7, 11) is -3.32. The molecule has 2 heterocycles. The second-order valence-corrected chi connectivity index (χ2v) is 11.0. The van der Waals surface area contributed by atoms with Crippen LogP contribution in [0.25, 0.3) is 22.0 Å². The molecule has 1 aliphatic rings. The minimum Gasteiger partial charge on any atom is -0.336 e. The molecule has 1 aromatic heterocycles. The van der Waals surface area contributed by atoms with Crippen molar-refractivity contribution in [2.75, 3.05) is 32.4 Å². The van der Waals surface area contributed by atoms with Crippen LogP contribution in [0.4, 0.5) is 4.39 Å². The molecule has 7 nitrogen and oxygen atoms in total. The van der Waals surface area contributed by atoms with E-state index in [4.69, 9.17) is 0 Å². The maximum atomic E-state index is 14.2. The number of piperazine rings is 1. The predicted octanol–water partition coefficient (Wildman–Crippen LogP) is 3.56. The van der Waals surface area contributed by atoms with Gasteiger partial charge < -0.3 is 4.90 Å². The summed E-state index contributed by atoms with van der Waals surface area (Å²) in [5, 5.41) is 9.95. The van der Waals surface area contributed by atoms with Crippen molar-refractivity contribution >= 4 is 26.8 Å². The summed E-state index contributed by atoms with van der Waals surface area (Å²) < 4.78 is 39.2. The lowest BCUT2D eigenvalue weighted by Crippen LogP contribution is -2.50. The van der Waals surface area contributed by atoms with Gasteiger partial charge in [0.25, 0.3) is 5.91 Å². The number of hydrogen-bond acceptors (Lipinski definition) is 5. The molecule has 2 aromatic carbocycles. The summed E-state index contributed by atoms with van der Waals surface area (Å²) in [6.45, 7) is 4.58. The van der Waals surface area contributed by atoms with Crippen LogP contribution in [0.2, 0.25) is 0 Å². The average Bonchev–Trinajstić information content (AvgIpc) is 2.82. The van der Waals surface area contributed by atoms with Gasteiger partial charge in [0, 0.05) is 43.3 Å². The fourth-order valence-electron chi connectivity index (χ4n) is 4.15. The van der Waals surface area contributed by atoms with Crippen molar-refractivity contribution in [1.29, 1.82) is 5.26 Å². The van der Waals surface area contributed by atoms with Gasteiger partial charge in [0.1, 0.15) is 5.82 Å². The van der Waals surface area contributed by atoms with Gasteiger partial charge in [-0.05, 0) is 43.2 Å². The molecule has 34 heavy (non-hydrogen) atoms. The molecule has 0 spiro atoms. The number of pyridine rings is 1. The Balaban J connectivity index is 1.79. The molecule has 1 amide bonds. The number of carbonyl (C=O) groups is 1. The Morgan fingerprint density at radius 3 is 2.32 bits per heavy atom. The van der Waals surface area contributed by atoms with Crippen LogP contribution in [-0.4, -0.2) is 60.9 Å². The first kappa shape index (κ1) is 23.8. The Morgan fingerprint density at radius 1 is 1.09 bits per heavy atom. The summed E-state index contributed by atoms with van der Waals surface area (Å²) in [5.41, 5.74) is 2.28. The van der Waals surface area contributed by atoms with E-state index in [1.165, 1.54) is 22.6 Å². The van der Waals surface area contributed by atoms with E-state index in [2.05, 4.69) is 11.1 Å². The number of fused-ring (bicyclic) bond motifs is 1. The quantitative estimate of drug-likeness (QED) is 0.569. The molecule has 3 aromatic rings. The van der Waals surface area contributed by atoms with Crippen LogP contribution >= 0.6 is 0 Å². The minimum absolute atomic E-state index is 0.216. The fourth-order valence-corrected chi connectivity index (χ4v) is 4.98. The molecule has 0 N–H and O–H groups in total. The maximum absolute atomic E-state index is 14.2. The van der Waals surface area contributed by atoms with Gasteiger partial charge in [0.2, 0.25) is 10.0 Å². The number of rotatable bonds is 4. The number of sulfonamides is 1. The molecule has 0 radical (unpaired) electrons. The van der Waals surface area contributed by atoms with E-state index in [-0.39, 0.29) is 32.1 Å². The first-order valence-corrected chi connectivity index (χ1v) is 12.7. The number of aromatic nitrogens is 1. The Kier molecular flexibility index (Phi) is 6.14. The second-order valence-electron chi connectivity index (χ2n) is 8.98. The predicted molar refractivity (Wildman–Crippen MR) is 128 cm³/mol. The van der Waals surface area contributed by atoms with Gasteiger partial charge >= 0.3 is 0 Å². The smallest absolute Gasteiger partial charge is 0.256 e. The number of carbonyl (C=O) groups excluding carboxylic acids is 1. The van der Waals surface area contributed by atoms with Gasteiger partial charge in [-0.15, -0.1) is 0 Å². The van der Waals surface area contributed by atoms with Gasteiger partial charge in [-0.25, -0.2) is 12.8 Å². The lowest BCUT2D eigenvalue weighted by molar-refractivity contribution is 0.0699. The fraction of sp³-hybridized carbons (Fsp3) is 0.320. The third kappa shape index (κ3) is 4.52. The van der Waals surface area contributed by atoms with Crippen molar-refractivity contribution in [1.82, 2.24) is 14.2 Å². The van der Waals surface area contributed by atoms with Crippen LogP contribution in [0.15, 0.2) is 48.7 Å². The van der Waals surface area contributed by atoms with Crippen molar-refractivity contribution in [2.24, 2.45) is 0 Å². The van der Waals surface area contributed by atoms with E-state index in [1.807, 2.05) is 38.1 Å². The second kappa shape index (κ2) is 8.78. The van der Waals surface area contributed by atoms with Crippen molar-refractivity contribution in [3.05, 3.63) is 65.6 Å². The number of hydrogen-bond donors (Lipinski definition) is 0. The minimum atomic E-state index is -3.32. The molecule has 0 saturated carbocycles.